The Morgan fingerprint density at radius 2 is 1.53 bits per heavy atom. The third kappa shape index (κ3) is 1.32. The summed E-state index contributed by atoms with van der Waals surface area (Å²) in [5, 5.41) is 0. The van der Waals surface area contributed by atoms with E-state index in [2.05, 4.69) is 20.8 Å². The van der Waals surface area contributed by atoms with Crippen molar-refractivity contribution in [1.29, 1.82) is 0 Å². The molecule has 0 aliphatic heterocycles. The summed E-state index contributed by atoms with van der Waals surface area (Å²) in [4.78, 5) is 0. The van der Waals surface area contributed by atoms with Gasteiger partial charge in [-0.3, -0.25) is 0 Å². The van der Waals surface area contributed by atoms with Gasteiger partial charge in [0.15, 0.2) is 0 Å². The average molecular weight is 207 g/mol. The van der Waals surface area contributed by atoms with Gasteiger partial charge in [-0.25, -0.2) is 0 Å². The Hall–Kier alpha value is -0.0400. The van der Waals surface area contributed by atoms with Crippen LogP contribution >= 0.6 is 0 Å². The Kier molecular flexibility index (Phi) is 1.77. The monoisotopic (exact) mass is 207 g/mol. The molecule has 1 heteroatoms. The Morgan fingerprint density at radius 3 is 1.93 bits per heavy atom. The largest absolute Gasteiger partial charge is 0.327 e. The van der Waals surface area contributed by atoms with Gasteiger partial charge >= 0.3 is 0 Å². The van der Waals surface area contributed by atoms with Gasteiger partial charge in [0.1, 0.15) is 0 Å². The van der Waals surface area contributed by atoms with E-state index in [1.807, 2.05) is 0 Å². The number of nitrogens with two attached hydrogens (primary N) is 1. The molecule has 4 aliphatic carbocycles. The maximum absolute atomic E-state index is 6.31. The molecule has 0 saturated heterocycles. The summed E-state index contributed by atoms with van der Waals surface area (Å²) in [7, 11) is 0. The summed E-state index contributed by atoms with van der Waals surface area (Å²) in [6, 6.07) is 0.402. The highest BCUT2D eigenvalue weighted by Gasteiger charge is 2.60. The first kappa shape index (κ1) is 10.1. The topological polar surface area (TPSA) is 26.0 Å². The molecule has 5 atom stereocenters. The lowest BCUT2D eigenvalue weighted by atomic mass is 9.39. The zero-order valence-corrected chi connectivity index (χ0v) is 10.5. The van der Waals surface area contributed by atoms with E-state index in [4.69, 9.17) is 5.73 Å². The van der Waals surface area contributed by atoms with Crippen LogP contribution in [0.15, 0.2) is 0 Å². The molecule has 4 aliphatic rings. The zero-order chi connectivity index (χ0) is 10.9. The summed E-state index contributed by atoms with van der Waals surface area (Å²) >= 11 is 0. The fourth-order valence-corrected chi connectivity index (χ4v) is 6.04. The van der Waals surface area contributed by atoms with Gasteiger partial charge in [-0.1, -0.05) is 13.8 Å². The highest BCUT2D eigenvalue weighted by molar-refractivity contribution is 5.12. The maximum Gasteiger partial charge on any atom is 0.00675 e. The second kappa shape index (κ2) is 2.61. The van der Waals surface area contributed by atoms with Gasteiger partial charge in [0.25, 0.3) is 0 Å². The van der Waals surface area contributed by atoms with Crippen LogP contribution in [0.5, 0.6) is 0 Å². The van der Waals surface area contributed by atoms with Crippen molar-refractivity contribution in [2.75, 3.05) is 0 Å². The minimum Gasteiger partial charge on any atom is -0.327 e. The maximum atomic E-state index is 6.31. The quantitative estimate of drug-likeness (QED) is 0.701. The molecule has 4 fully saturated rings. The molecule has 1 nitrogen and oxygen atoms in total. The molecule has 0 aromatic heterocycles. The fraction of sp³-hybridized carbons (Fsp3) is 1.00. The summed E-state index contributed by atoms with van der Waals surface area (Å²) in [6.45, 7) is 7.29. The molecule has 4 bridgehead atoms. The van der Waals surface area contributed by atoms with E-state index in [0.29, 0.717) is 22.3 Å². The summed E-state index contributed by atoms with van der Waals surface area (Å²) in [5.74, 6) is 0.988. The average Bonchev–Trinajstić information content (AvgIpc) is 1.95. The summed E-state index contributed by atoms with van der Waals surface area (Å²) in [6.07, 6.45) is 8.67. The normalized spacial score (nSPS) is 59.6. The minimum atomic E-state index is 0.402. The van der Waals surface area contributed by atoms with Gasteiger partial charge in [-0.15, -0.1) is 0 Å². The van der Waals surface area contributed by atoms with Crippen LogP contribution in [0, 0.1) is 22.2 Å². The second-order valence-corrected chi connectivity index (χ2v) is 7.78. The molecule has 0 amide bonds. The van der Waals surface area contributed by atoms with E-state index in [9.17, 15) is 0 Å². The third-order valence-electron chi connectivity index (χ3n) is 5.64. The van der Waals surface area contributed by atoms with Crippen molar-refractivity contribution >= 4 is 0 Å². The number of rotatable bonds is 1. The van der Waals surface area contributed by atoms with Crippen LogP contribution in [0.2, 0.25) is 0 Å². The predicted molar refractivity (Wildman–Crippen MR) is 63.5 cm³/mol. The van der Waals surface area contributed by atoms with Crippen LogP contribution in [-0.4, -0.2) is 6.04 Å². The number of hydrogen-bond acceptors (Lipinski definition) is 1. The van der Waals surface area contributed by atoms with Crippen molar-refractivity contribution in [1.82, 2.24) is 0 Å². The fourth-order valence-electron chi connectivity index (χ4n) is 6.04. The molecule has 2 unspecified atom stereocenters. The highest BCUT2D eigenvalue weighted by atomic mass is 14.7. The smallest absolute Gasteiger partial charge is 0.00675 e. The van der Waals surface area contributed by atoms with E-state index in [-0.39, 0.29) is 0 Å². The van der Waals surface area contributed by atoms with Crippen molar-refractivity contribution in [2.24, 2.45) is 27.9 Å². The van der Waals surface area contributed by atoms with Crippen molar-refractivity contribution in [3.63, 3.8) is 0 Å². The Bertz CT molecular complexity index is 276. The van der Waals surface area contributed by atoms with Crippen LogP contribution < -0.4 is 5.73 Å². The first-order chi connectivity index (χ1) is 6.85. The lowest BCUT2D eigenvalue weighted by Crippen LogP contribution is -2.59. The molecule has 0 radical (unpaired) electrons. The van der Waals surface area contributed by atoms with E-state index in [0.717, 1.165) is 5.92 Å². The third-order valence-corrected chi connectivity index (χ3v) is 5.64. The van der Waals surface area contributed by atoms with E-state index in [1.54, 1.807) is 0 Å². The summed E-state index contributed by atoms with van der Waals surface area (Å²) < 4.78 is 0. The molecule has 0 spiro atoms. The van der Waals surface area contributed by atoms with Crippen molar-refractivity contribution < 1.29 is 0 Å². The molecular formula is C14H25N. The van der Waals surface area contributed by atoms with Crippen LogP contribution in [-0.2, 0) is 0 Å². The predicted octanol–water partition coefficient (Wildman–Crippen LogP) is 3.33. The van der Waals surface area contributed by atoms with Gasteiger partial charge in [-0.05, 0) is 67.6 Å². The van der Waals surface area contributed by atoms with E-state index < -0.39 is 0 Å². The van der Waals surface area contributed by atoms with Crippen molar-refractivity contribution in [3.8, 4) is 0 Å². The molecule has 2 N–H and O–H groups in total. The van der Waals surface area contributed by atoms with Crippen LogP contribution in [0.3, 0.4) is 0 Å². The molecule has 0 aromatic rings. The second-order valence-electron chi connectivity index (χ2n) is 7.78. The lowest BCUT2D eigenvalue weighted by molar-refractivity contribution is -0.151. The van der Waals surface area contributed by atoms with Crippen LogP contribution in [0.25, 0.3) is 0 Å². The van der Waals surface area contributed by atoms with Gasteiger partial charge < -0.3 is 5.73 Å². The van der Waals surface area contributed by atoms with E-state index in [1.165, 1.54) is 38.5 Å². The molecule has 4 rings (SSSR count). The highest BCUT2D eigenvalue weighted by Crippen LogP contribution is 2.70. The number of hydrogen-bond donors (Lipinski definition) is 1. The van der Waals surface area contributed by atoms with Crippen molar-refractivity contribution in [3.05, 3.63) is 0 Å². The molecule has 15 heavy (non-hydrogen) atoms. The molecule has 0 aromatic carbocycles. The van der Waals surface area contributed by atoms with Crippen LogP contribution in [0.1, 0.15) is 59.3 Å². The molecule has 0 heterocycles. The minimum absolute atomic E-state index is 0.402. The summed E-state index contributed by atoms with van der Waals surface area (Å²) in [5.41, 5.74) is 8.07. The standard InChI is InChI=1S/C14H25N/c1-10(15)14-6-11-4-12(2,8-14)7-13(3,5-11)9-14/h10-11H,4-9,15H2,1-3H3/t10-,11?,12-,13+,14?/m1/s1. The van der Waals surface area contributed by atoms with E-state index >= 15 is 0 Å². The van der Waals surface area contributed by atoms with Gasteiger partial charge in [0, 0.05) is 6.04 Å². The Balaban J connectivity index is 2.02. The SMILES string of the molecule is C[C@@H](N)C12CC3C[C@@](C)(C1)C[C@](C)(C3)C2. The van der Waals surface area contributed by atoms with Crippen molar-refractivity contribution in [2.45, 2.75) is 65.3 Å². The van der Waals surface area contributed by atoms with Gasteiger partial charge in [0.05, 0.1) is 0 Å². The molecule has 4 saturated carbocycles. The first-order valence-corrected chi connectivity index (χ1v) is 6.61. The van der Waals surface area contributed by atoms with Gasteiger partial charge in [-0.2, -0.15) is 0 Å². The zero-order valence-electron chi connectivity index (χ0n) is 10.5. The van der Waals surface area contributed by atoms with Gasteiger partial charge in [0.2, 0.25) is 0 Å². The molecular weight excluding hydrogens is 182 g/mol. The molecule has 86 valence electrons. The lowest BCUT2D eigenvalue weighted by Gasteiger charge is -2.66. The Morgan fingerprint density at radius 1 is 1.00 bits per heavy atom. The first-order valence-electron chi connectivity index (χ1n) is 6.61. The van der Waals surface area contributed by atoms with Crippen LogP contribution in [0.4, 0.5) is 0 Å². The Labute approximate surface area is 93.8 Å².